The van der Waals surface area contributed by atoms with Gasteiger partial charge >= 0.3 is 0 Å². The molecule has 0 aliphatic rings. The fourth-order valence-corrected chi connectivity index (χ4v) is 2.25. The maximum atomic E-state index is 13.5. The van der Waals surface area contributed by atoms with Crippen molar-refractivity contribution >= 4 is 17.3 Å². The molecule has 0 heterocycles. The maximum Gasteiger partial charge on any atom is 0.143 e. The smallest absolute Gasteiger partial charge is 0.143 e. The van der Waals surface area contributed by atoms with E-state index in [2.05, 4.69) is 5.32 Å². The van der Waals surface area contributed by atoms with Crippen LogP contribution in [-0.4, -0.2) is 0 Å². The number of nitrogens with zero attached hydrogens (tertiary/aromatic N) is 1. The molecule has 20 heavy (non-hydrogen) atoms. The highest BCUT2D eigenvalue weighted by Gasteiger charge is 2.14. The van der Waals surface area contributed by atoms with E-state index < -0.39 is 11.6 Å². The van der Waals surface area contributed by atoms with E-state index in [1.165, 1.54) is 24.3 Å². The first-order valence-electron chi connectivity index (χ1n) is 5.93. The number of rotatable bonds is 3. The van der Waals surface area contributed by atoms with Crippen LogP contribution in [0.1, 0.15) is 24.1 Å². The van der Waals surface area contributed by atoms with Crippen molar-refractivity contribution in [2.24, 2.45) is 0 Å². The molecule has 2 nitrogen and oxygen atoms in total. The first-order chi connectivity index (χ1) is 9.52. The van der Waals surface area contributed by atoms with Gasteiger partial charge in [-0.3, -0.25) is 0 Å². The Hall–Kier alpha value is -2.12. The summed E-state index contributed by atoms with van der Waals surface area (Å²) in [4.78, 5) is 0. The van der Waals surface area contributed by atoms with E-state index in [0.717, 1.165) is 0 Å². The summed E-state index contributed by atoms with van der Waals surface area (Å²) in [6.07, 6.45) is 0. The van der Waals surface area contributed by atoms with Crippen molar-refractivity contribution in [1.82, 2.24) is 0 Å². The van der Waals surface area contributed by atoms with Crippen LogP contribution in [0.2, 0.25) is 5.02 Å². The quantitative estimate of drug-likeness (QED) is 0.893. The van der Waals surface area contributed by atoms with Crippen LogP contribution in [-0.2, 0) is 0 Å². The summed E-state index contributed by atoms with van der Waals surface area (Å²) < 4.78 is 26.5. The van der Waals surface area contributed by atoms with E-state index >= 15 is 0 Å². The SMILES string of the molecule is CC(Nc1cccc(F)c1C#N)c1ccc(F)cc1Cl. The first kappa shape index (κ1) is 14.3. The largest absolute Gasteiger partial charge is 0.377 e. The highest BCUT2D eigenvalue weighted by atomic mass is 35.5. The molecule has 2 rings (SSSR count). The van der Waals surface area contributed by atoms with Gasteiger partial charge in [0.05, 0.1) is 11.7 Å². The standard InChI is InChI=1S/C15H11ClF2N2/c1-9(11-6-5-10(17)7-13(11)16)20-15-4-2-3-14(18)12(15)8-19/h2-7,9,20H,1H3. The third-order valence-electron chi connectivity index (χ3n) is 2.93. The molecule has 0 amide bonds. The molecule has 2 aromatic rings. The predicted molar refractivity (Wildman–Crippen MR) is 74.6 cm³/mol. The fourth-order valence-electron chi connectivity index (χ4n) is 1.92. The first-order valence-corrected chi connectivity index (χ1v) is 6.31. The average Bonchev–Trinajstić information content (AvgIpc) is 2.38. The number of benzene rings is 2. The Morgan fingerprint density at radius 1 is 1.25 bits per heavy atom. The highest BCUT2D eigenvalue weighted by Crippen LogP contribution is 2.28. The number of hydrogen-bond donors (Lipinski definition) is 1. The van der Waals surface area contributed by atoms with Crippen LogP contribution in [0.3, 0.4) is 0 Å². The number of nitrogens with one attached hydrogen (secondary N) is 1. The average molecular weight is 293 g/mol. The van der Waals surface area contributed by atoms with E-state index in [0.29, 0.717) is 11.3 Å². The number of halogens is 3. The zero-order valence-corrected chi connectivity index (χ0v) is 11.4. The van der Waals surface area contributed by atoms with Gasteiger partial charge in [-0.15, -0.1) is 0 Å². The minimum Gasteiger partial charge on any atom is -0.377 e. The minimum absolute atomic E-state index is 0.0578. The number of hydrogen-bond acceptors (Lipinski definition) is 2. The third-order valence-corrected chi connectivity index (χ3v) is 3.25. The van der Waals surface area contributed by atoms with E-state index in [1.807, 2.05) is 6.07 Å². The van der Waals surface area contributed by atoms with Crippen LogP contribution in [0.25, 0.3) is 0 Å². The molecule has 0 saturated carbocycles. The molecule has 0 saturated heterocycles. The molecular formula is C15H11ClF2N2. The normalized spacial score (nSPS) is 11.8. The lowest BCUT2D eigenvalue weighted by atomic mass is 10.1. The van der Waals surface area contributed by atoms with Crippen LogP contribution in [0.15, 0.2) is 36.4 Å². The zero-order valence-electron chi connectivity index (χ0n) is 10.6. The van der Waals surface area contributed by atoms with E-state index in [4.69, 9.17) is 16.9 Å². The zero-order chi connectivity index (χ0) is 14.7. The molecule has 5 heteroatoms. The van der Waals surface area contributed by atoms with Gasteiger partial charge in [0.1, 0.15) is 23.3 Å². The van der Waals surface area contributed by atoms with Crippen LogP contribution in [0.5, 0.6) is 0 Å². The molecule has 0 spiro atoms. The Kier molecular flexibility index (Phi) is 4.21. The molecule has 1 N–H and O–H groups in total. The second-order valence-electron chi connectivity index (χ2n) is 4.31. The summed E-state index contributed by atoms with van der Waals surface area (Å²) in [5, 5.41) is 12.3. The molecule has 2 aromatic carbocycles. The summed E-state index contributed by atoms with van der Waals surface area (Å²) in [5.74, 6) is -1.01. The van der Waals surface area contributed by atoms with Crippen molar-refractivity contribution in [2.75, 3.05) is 5.32 Å². The molecule has 0 aliphatic heterocycles. The lowest BCUT2D eigenvalue weighted by Crippen LogP contribution is -2.09. The minimum atomic E-state index is -0.588. The molecule has 0 bridgehead atoms. The number of nitriles is 1. The maximum absolute atomic E-state index is 13.5. The van der Waals surface area contributed by atoms with Gasteiger partial charge < -0.3 is 5.32 Å². The molecule has 0 aromatic heterocycles. The summed E-state index contributed by atoms with van der Waals surface area (Å²) >= 11 is 5.98. The number of anilines is 1. The Labute approximate surface area is 120 Å². The summed E-state index contributed by atoms with van der Waals surface area (Å²) in [7, 11) is 0. The lowest BCUT2D eigenvalue weighted by molar-refractivity contribution is 0.624. The lowest BCUT2D eigenvalue weighted by Gasteiger charge is -2.18. The fraction of sp³-hybridized carbons (Fsp3) is 0.133. The highest BCUT2D eigenvalue weighted by molar-refractivity contribution is 6.31. The Balaban J connectivity index is 2.31. The van der Waals surface area contributed by atoms with Crippen LogP contribution in [0, 0.1) is 23.0 Å². The topological polar surface area (TPSA) is 35.8 Å². The molecule has 0 fully saturated rings. The molecule has 0 aliphatic carbocycles. The predicted octanol–water partition coefficient (Wildman–Crippen LogP) is 4.66. The second kappa shape index (κ2) is 5.89. The van der Waals surface area contributed by atoms with Crippen LogP contribution < -0.4 is 5.32 Å². The van der Waals surface area contributed by atoms with Crippen molar-refractivity contribution < 1.29 is 8.78 Å². The van der Waals surface area contributed by atoms with Gasteiger partial charge in [0.15, 0.2) is 0 Å². The van der Waals surface area contributed by atoms with Crippen molar-refractivity contribution in [1.29, 1.82) is 5.26 Å². The van der Waals surface area contributed by atoms with Crippen LogP contribution >= 0.6 is 11.6 Å². The summed E-state index contributed by atoms with van der Waals surface area (Å²) in [5.41, 5.74) is 0.985. The van der Waals surface area contributed by atoms with Crippen LogP contribution in [0.4, 0.5) is 14.5 Å². The van der Waals surface area contributed by atoms with Gasteiger partial charge in [0.25, 0.3) is 0 Å². The molecule has 1 unspecified atom stereocenters. The molecule has 0 radical (unpaired) electrons. The van der Waals surface area contributed by atoms with Gasteiger partial charge in [-0.1, -0.05) is 23.7 Å². The molecular weight excluding hydrogens is 282 g/mol. The van der Waals surface area contributed by atoms with E-state index in [9.17, 15) is 8.78 Å². The Morgan fingerprint density at radius 2 is 2.00 bits per heavy atom. The van der Waals surface area contributed by atoms with Crippen molar-refractivity contribution in [3.8, 4) is 6.07 Å². The van der Waals surface area contributed by atoms with Crippen molar-refractivity contribution in [2.45, 2.75) is 13.0 Å². The van der Waals surface area contributed by atoms with E-state index in [-0.39, 0.29) is 16.6 Å². The van der Waals surface area contributed by atoms with Gasteiger partial charge in [-0.25, -0.2) is 8.78 Å². The third kappa shape index (κ3) is 2.89. The monoisotopic (exact) mass is 292 g/mol. The molecule has 102 valence electrons. The molecule has 1 atom stereocenters. The van der Waals surface area contributed by atoms with E-state index in [1.54, 1.807) is 19.1 Å². The van der Waals surface area contributed by atoms with Crippen molar-refractivity contribution in [3.63, 3.8) is 0 Å². The summed E-state index contributed by atoms with van der Waals surface area (Å²) in [6, 6.07) is 9.93. The van der Waals surface area contributed by atoms with Crippen molar-refractivity contribution in [3.05, 3.63) is 64.2 Å². The second-order valence-corrected chi connectivity index (χ2v) is 4.71. The summed E-state index contributed by atoms with van der Waals surface area (Å²) in [6.45, 7) is 1.80. The van der Waals surface area contributed by atoms with Gasteiger partial charge in [0.2, 0.25) is 0 Å². The Morgan fingerprint density at radius 3 is 2.65 bits per heavy atom. The van der Waals surface area contributed by atoms with Gasteiger partial charge in [-0.2, -0.15) is 5.26 Å². The van der Waals surface area contributed by atoms with Gasteiger partial charge in [0, 0.05) is 5.02 Å². The Bertz CT molecular complexity index is 680. The van der Waals surface area contributed by atoms with Gasteiger partial charge in [-0.05, 0) is 36.8 Å².